The predicted octanol–water partition coefficient (Wildman–Crippen LogP) is 3.74. The minimum absolute atomic E-state index is 0. The van der Waals surface area contributed by atoms with Gasteiger partial charge in [0.1, 0.15) is 0 Å². The third kappa shape index (κ3) is 5.67. The Labute approximate surface area is 108 Å². The molecule has 0 fully saturated rings. The summed E-state index contributed by atoms with van der Waals surface area (Å²) in [5.41, 5.74) is 4.25. The SMILES string of the molecule is CC1=[C-]CC(C)=C1C.Cl.Cl.Cl.[Ti]. The third-order valence-corrected chi connectivity index (χ3v) is 1.82. The largest absolute Gasteiger partial charge is 0.269 e. The zero-order valence-electron chi connectivity index (χ0n) is 7.43. The number of halogens is 3. The fraction of sp³-hybridized carbons (Fsp3) is 0.500. The molecule has 0 aliphatic heterocycles. The Balaban J connectivity index is -0.0000000800. The second-order valence-corrected chi connectivity index (χ2v) is 2.38. The van der Waals surface area contributed by atoms with Crippen molar-refractivity contribution in [2.75, 3.05) is 0 Å². The van der Waals surface area contributed by atoms with Crippen LogP contribution in [0.4, 0.5) is 0 Å². The first kappa shape index (κ1) is 23.1. The monoisotopic (exact) mass is 263 g/mol. The van der Waals surface area contributed by atoms with Gasteiger partial charge in [0.2, 0.25) is 0 Å². The van der Waals surface area contributed by atoms with Gasteiger partial charge in [-0.25, -0.2) is 5.57 Å². The van der Waals surface area contributed by atoms with E-state index >= 15 is 0 Å². The molecule has 0 aromatic carbocycles. The van der Waals surface area contributed by atoms with Crippen molar-refractivity contribution in [1.29, 1.82) is 0 Å². The van der Waals surface area contributed by atoms with Gasteiger partial charge in [-0.15, -0.1) is 50.6 Å². The van der Waals surface area contributed by atoms with E-state index in [4.69, 9.17) is 0 Å². The minimum atomic E-state index is 0. The van der Waals surface area contributed by atoms with Crippen molar-refractivity contribution < 1.29 is 21.7 Å². The molecule has 0 amide bonds. The number of hydrogen-bond acceptors (Lipinski definition) is 0. The quantitative estimate of drug-likeness (QED) is 0.462. The Hall–Kier alpha value is 1.06. The molecule has 1 aliphatic carbocycles. The van der Waals surface area contributed by atoms with Crippen LogP contribution in [0.25, 0.3) is 0 Å². The van der Waals surface area contributed by atoms with Crippen molar-refractivity contribution in [3.8, 4) is 0 Å². The summed E-state index contributed by atoms with van der Waals surface area (Å²) in [7, 11) is 0. The minimum Gasteiger partial charge on any atom is -0.269 e. The number of rotatable bonds is 0. The summed E-state index contributed by atoms with van der Waals surface area (Å²) in [4.78, 5) is 0. The van der Waals surface area contributed by atoms with E-state index in [9.17, 15) is 0 Å². The van der Waals surface area contributed by atoms with Gasteiger partial charge < -0.3 is 0 Å². The zero-order valence-corrected chi connectivity index (χ0v) is 11.4. The number of hydrogen-bond donors (Lipinski definition) is 0. The van der Waals surface area contributed by atoms with Gasteiger partial charge in [0.25, 0.3) is 0 Å². The van der Waals surface area contributed by atoms with Gasteiger partial charge in [-0.1, -0.05) is 13.8 Å². The molecule has 1 rings (SSSR count). The third-order valence-electron chi connectivity index (χ3n) is 1.82. The first-order valence-corrected chi connectivity index (χ1v) is 2.96. The molecule has 0 heterocycles. The van der Waals surface area contributed by atoms with Gasteiger partial charge in [0.15, 0.2) is 0 Å². The second kappa shape index (κ2) is 10.1. The van der Waals surface area contributed by atoms with E-state index in [0.29, 0.717) is 0 Å². The van der Waals surface area contributed by atoms with Gasteiger partial charge in [-0.3, -0.25) is 6.08 Å². The summed E-state index contributed by atoms with van der Waals surface area (Å²) in [6.45, 7) is 6.44. The Morgan fingerprint density at radius 3 is 1.50 bits per heavy atom. The molecular weight excluding hydrogens is 250 g/mol. The second-order valence-electron chi connectivity index (χ2n) is 2.38. The molecular formula is C8H14Cl3Ti-. The molecule has 1 aliphatic rings. The normalized spacial score (nSPS) is 13.1. The molecule has 0 saturated carbocycles. The van der Waals surface area contributed by atoms with Crippen LogP contribution in [-0.4, -0.2) is 0 Å². The molecule has 0 aromatic heterocycles. The fourth-order valence-electron chi connectivity index (χ4n) is 0.850. The maximum Gasteiger partial charge on any atom is 0 e. The van der Waals surface area contributed by atoms with Gasteiger partial charge in [0, 0.05) is 21.7 Å². The Morgan fingerprint density at radius 2 is 1.42 bits per heavy atom. The predicted molar refractivity (Wildman–Crippen MR) is 57.2 cm³/mol. The molecule has 12 heavy (non-hydrogen) atoms. The molecule has 0 saturated heterocycles. The van der Waals surface area contributed by atoms with E-state index in [2.05, 4.69) is 26.8 Å². The molecule has 0 aromatic rings. The van der Waals surface area contributed by atoms with E-state index in [-0.39, 0.29) is 58.9 Å². The molecule has 0 atom stereocenters. The molecule has 0 radical (unpaired) electrons. The van der Waals surface area contributed by atoms with Crippen LogP contribution in [-0.2, 0) is 21.7 Å². The summed E-state index contributed by atoms with van der Waals surface area (Å²) < 4.78 is 0. The van der Waals surface area contributed by atoms with Gasteiger partial charge in [-0.2, -0.15) is 11.1 Å². The van der Waals surface area contributed by atoms with E-state index < -0.39 is 0 Å². The van der Waals surface area contributed by atoms with Crippen molar-refractivity contribution in [2.24, 2.45) is 0 Å². The van der Waals surface area contributed by atoms with Crippen LogP contribution in [0.2, 0.25) is 0 Å². The maximum atomic E-state index is 3.26. The van der Waals surface area contributed by atoms with Crippen molar-refractivity contribution >= 4 is 37.2 Å². The van der Waals surface area contributed by atoms with E-state index in [1.165, 1.54) is 16.7 Å². The molecule has 4 heteroatoms. The number of allylic oxidation sites excluding steroid dienone is 4. The van der Waals surface area contributed by atoms with Crippen LogP contribution in [0.15, 0.2) is 16.7 Å². The van der Waals surface area contributed by atoms with Crippen molar-refractivity contribution in [3.05, 3.63) is 22.8 Å². The fourth-order valence-corrected chi connectivity index (χ4v) is 0.850. The standard InChI is InChI=1S/C8H11.3ClH.Ti/c1-6-4-5-7(2)8(6)3;;;;/h4H2,1-3H3;3*1H;/q-1;;;;. The van der Waals surface area contributed by atoms with Gasteiger partial charge in [0.05, 0.1) is 0 Å². The van der Waals surface area contributed by atoms with Crippen LogP contribution >= 0.6 is 37.2 Å². The summed E-state index contributed by atoms with van der Waals surface area (Å²) in [6, 6.07) is 0. The molecule has 0 nitrogen and oxygen atoms in total. The first-order chi connectivity index (χ1) is 3.72. The average molecular weight is 264 g/mol. The molecule has 0 spiro atoms. The van der Waals surface area contributed by atoms with E-state index in [0.717, 1.165) is 6.42 Å². The zero-order chi connectivity index (χ0) is 6.15. The van der Waals surface area contributed by atoms with Crippen molar-refractivity contribution in [1.82, 2.24) is 0 Å². The molecule has 0 bridgehead atoms. The first-order valence-electron chi connectivity index (χ1n) is 2.96. The smallest absolute Gasteiger partial charge is 0 e. The van der Waals surface area contributed by atoms with Crippen LogP contribution in [0.3, 0.4) is 0 Å². The summed E-state index contributed by atoms with van der Waals surface area (Å²) in [6.07, 6.45) is 4.31. The molecule has 0 unspecified atom stereocenters. The van der Waals surface area contributed by atoms with Gasteiger partial charge in [-0.05, 0) is 0 Å². The van der Waals surface area contributed by atoms with Gasteiger partial charge >= 0.3 is 0 Å². The Bertz CT molecular complexity index is 168. The van der Waals surface area contributed by atoms with Crippen LogP contribution in [0.1, 0.15) is 27.2 Å². The average Bonchev–Trinajstić information content (AvgIpc) is 1.98. The van der Waals surface area contributed by atoms with E-state index in [1.54, 1.807) is 0 Å². The topological polar surface area (TPSA) is 0 Å². The van der Waals surface area contributed by atoms with Crippen LogP contribution in [0.5, 0.6) is 0 Å². The molecule has 0 N–H and O–H groups in total. The molecule has 72 valence electrons. The van der Waals surface area contributed by atoms with E-state index in [1.807, 2.05) is 0 Å². The van der Waals surface area contributed by atoms with Crippen LogP contribution in [0, 0.1) is 6.08 Å². The maximum absolute atomic E-state index is 3.26. The Morgan fingerprint density at radius 1 is 1.00 bits per heavy atom. The van der Waals surface area contributed by atoms with Crippen molar-refractivity contribution in [2.45, 2.75) is 27.2 Å². The van der Waals surface area contributed by atoms with Crippen LogP contribution < -0.4 is 0 Å². The Kier molecular flexibility index (Phi) is 19.6. The summed E-state index contributed by atoms with van der Waals surface area (Å²) in [5, 5.41) is 0. The van der Waals surface area contributed by atoms with Crippen molar-refractivity contribution in [3.63, 3.8) is 0 Å². The summed E-state index contributed by atoms with van der Waals surface area (Å²) in [5.74, 6) is 0. The summed E-state index contributed by atoms with van der Waals surface area (Å²) >= 11 is 0.